The van der Waals surface area contributed by atoms with Crippen LogP contribution in [0, 0.1) is 5.92 Å². The maximum atomic E-state index is 11.3. The molecule has 3 aromatic carbocycles. The number of nitrogens with one attached hydrogen (secondary N) is 1. The zero-order valence-electron chi connectivity index (χ0n) is 31.4. The van der Waals surface area contributed by atoms with Crippen molar-refractivity contribution in [2.24, 2.45) is 11.7 Å². The van der Waals surface area contributed by atoms with Gasteiger partial charge in [-0.3, -0.25) is 0 Å². The first kappa shape index (κ1) is 36.8. The number of rotatable bonds is 6. The van der Waals surface area contributed by atoms with Crippen LogP contribution in [-0.2, 0) is 40.9 Å². The molecule has 1 aliphatic carbocycles. The van der Waals surface area contributed by atoms with Crippen LogP contribution >= 0.6 is 0 Å². The summed E-state index contributed by atoms with van der Waals surface area (Å²) in [6.07, 6.45) is 15.9. The molecule has 1 aromatic heterocycles. The Labute approximate surface area is 318 Å². The highest BCUT2D eigenvalue weighted by atomic mass is 16.5. The monoisotopic (exact) mass is 733 g/mol. The highest BCUT2D eigenvalue weighted by Gasteiger charge is 2.47. The third kappa shape index (κ3) is 7.20. The van der Waals surface area contributed by atoms with E-state index in [-0.39, 0.29) is 36.6 Å². The minimum absolute atomic E-state index is 0.0154. The zero-order chi connectivity index (χ0) is 37.2. The normalized spacial score (nSPS) is 25.9. The zero-order valence-corrected chi connectivity index (χ0v) is 31.4. The van der Waals surface area contributed by atoms with Crippen molar-refractivity contribution in [2.75, 3.05) is 19.8 Å². The molecule has 1 fully saturated rings. The predicted molar refractivity (Wildman–Crippen MR) is 211 cm³/mol. The van der Waals surface area contributed by atoms with Gasteiger partial charge in [0.2, 0.25) is 0 Å². The van der Waals surface area contributed by atoms with Crippen molar-refractivity contribution in [3.8, 4) is 11.5 Å². The molecule has 0 spiro atoms. The Balaban J connectivity index is 1.28. The van der Waals surface area contributed by atoms with Crippen LogP contribution in [0.3, 0.4) is 0 Å². The molecule has 5 atom stereocenters. The molecule has 3 aliphatic heterocycles. The summed E-state index contributed by atoms with van der Waals surface area (Å²) in [5, 5.41) is 38.3. The molecular formula is C45H55N3O6. The van der Waals surface area contributed by atoms with Crippen molar-refractivity contribution in [1.29, 1.82) is 0 Å². The molecule has 0 radical (unpaired) electrons. The van der Waals surface area contributed by atoms with E-state index in [0.717, 1.165) is 84.8 Å². The lowest BCUT2D eigenvalue weighted by molar-refractivity contribution is 0.00498. The predicted octanol–water partition coefficient (Wildman–Crippen LogP) is 6.96. The maximum Gasteiger partial charge on any atom is 0.161 e. The summed E-state index contributed by atoms with van der Waals surface area (Å²) < 4.78 is 21.5. The van der Waals surface area contributed by atoms with Gasteiger partial charge in [-0.05, 0) is 109 Å². The number of phenols is 1. The molecule has 4 aliphatic rings. The second-order valence-corrected chi connectivity index (χ2v) is 15.8. The van der Waals surface area contributed by atoms with E-state index in [0.29, 0.717) is 49.7 Å². The SMILES string of the molecule is CCCCCC1CC(O)CCc2cc(c(O)cc2CO)OCc2cc(C34CCOCC3CCc3ccccc34)cc3cn(cc23)C2=C(C=CC(N)N2)CO1. The maximum absolute atomic E-state index is 11.3. The molecule has 9 heteroatoms. The molecule has 4 bridgehead atoms. The summed E-state index contributed by atoms with van der Waals surface area (Å²) >= 11 is 0. The molecule has 4 aromatic rings. The molecule has 0 amide bonds. The minimum atomic E-state index is -0.594. The van der Waals surface area contributed by atoms with Gasteiger partial charge in [-0.1, -0.05) is 62.6 Å². The second-order valence-electron chi connectivity index (χ2n) is 15.8. The van der Waals surface area contributed by atoms with E-state index in [1.165, 1.54) is 16.7 Å². The Hall–Kier alpha value is -4.12. The Morgan fingerprint density at radius 3 is 2.74 bits per heavy atom. The van der Waals surface area contributed by atoms with E-state index in [9.17, 15) is 15.3 Å². The summed E-state index contributed by atoms with van der Waals surface area (Å²) in [6, 6.07) is 17.0. The molecule has 54 heavy (non-hydrogen) atoms. The molecule has 286 valence electrons. The fraction of sp³-hybridized carbons (Fsp3) is 0.467. The summed E-state index contributed by atoms with van der Waals surface area (Å²) in [6.45, 7) is 4.01. The van der Waals surface area contributed by atoms with Crippen molar-refractivity contribution >= 4 is 16.6 Å². The topological polar surface area (TPSA) is 131 Å². The van der Waals surface area contributed by atoms with Crippen LogP contribution in [0.5, 0.6) is 11.5 Å². The summed E-state index contributed by atoms with van der Waals surface area (Å²) in [7, 11) is 0. The molecular weight excluding hydrogens is 679 g/mol. The number of nitrogens with two attached hydrogens (primary N) is 1. The number of fused-ring (bicyclic) bond motifs is 7. The number of ether oxygens (including phenoxy) is 3. The molecule has 6 N–H and O–H groups in total. The van der Waals surface area contributed by atoms with E-state index in [2.05, 4.69) is 71.7 Å². The lowest BCUT2D eigenvalue weighted by Crippen LogP contribution is -2.47. The van der Waals surface area contributed by atoms with Gasteiger partial charge < -0.3 is 45.1 Å². The van der Waals surface area contributed by atoms with Gasteiger partial charge in [0.05, 0.1) is 38.2 Å². The van der Waals surface area contributed by atoms with Gasteiger partial charge in [0.25, 0.3) is 0 Å². The number of aryl methyl sites for hydroxylation is 2. The lowest BCUT2D eigenvalue weighted by Gasteiger charge is -2.49. The number of benzene rings is 3. The van der Waals surface area contributed by atoms with E-state index < -0.39 is 6.10 Å². The lowest BCUT2D eigenvalue weighted by atomic mass is 9.57. The highest BCUT2D eigenvalue weighted by molar-refractivity contribution is 5.88. The van der Waals surface area contributed by atoms with Gasteiger partial charge in [-0.2, -0.15) is 0 Å². The number of hydrogen-bond donors (Lipinski definition) is 5. The van der Waals surface area contributed by atoms with E-state index in [1.54, 1.807) is 6.07 Å². The van der Waals surface area contributed by atoms with Gasteiger partial charge in [0.15, 0.2) is 11.5 Å². The van der Waals surface area contributed by atoms with Crippen LogP contribution in [-0.4, -0.2) is 58.1 Å². The van der Waals surface area contributed by atoms with Crippen LogP contribution in [0.2, 0.25) is 0 Å². The Morgan fingerprint density at radius 1 is 1.00 bits per heavy atom. The molecule has 0 saturated carbocycles. The van der Waals surface area contributed by atoms with Gasteiger partial charge >= 0.3 is 0 Å². The number of unbranched alkanes of at least 4 members (excludes halogenated alkanes) is 2. The number of aromatic hydroxyl groups is 1. The smallest absolute Gasteiger partial charge is 0.161 e. The standard InChI is InChI=1S/C45H55N3O6/c1-2-3-4-8-38-22-37(50)14-11-30-21-42(41(51)20-33(30)25-49)54-27-34-19-36(45-16-17-52-28-35(45)13-10-29-7-5-6-9-40(29)45)18-32-23-48(24-39(32)34)44-31(26-53-38)12-15-43(46)47-44/h5-7,9,12,15,18-21,23-24,35,37-38,43,47,49-51H,2-4,8,10-11,13-14,16-17,22,25-28,46H2,1H3. The minimum Gasteiger partial charge on any atom is -0.504 e. The van der Waals surface area contributed by atoms with Crippen molar-refractivity contribution < 1.29 is 29.5 Å². The number of nitrogens with zero attached hydrogens (tertiary/aromatic N) is 1. The molecule has 9 nitrogen and oxygen atoms in total. The third-order valence-corrected chi connectivity index (χ3v) is 12.4. The first-order valence-electron chi connectivity index (χ1n) is 20.0. The highest BCUT2D eigenvalue weighted by Crippen LogP contribution is 2.52. The molecule has 5 unspecified atom stereocenters. The van der Waals surface area contributed by atoms with Gasteiger partial charge in [0.1, 0.15) is 12.4 Å². The number of phenolic OH excluding ortho intramolecular Hbond substituents is 1. The van der Waals surface area contributed by atoms with Crippen LogP contribution < -0.4 is 15.8 Å². The number of aliphatic hydroxyl groups is 2. The summed E-state index contributed by atoms with van der Waals surface area (Å²) in [5.41, 5.74) is 13.8. The Bertz CT molecular complexity index is 2030. The van der Waals surface area contributed by atoms with Gasteiger partial charge in [0, 0.05) is 40.8 Å². The first-order chi connectivity index (χ1) is 26.4. The molecule has 8 rings (SSSR count). The first-order valence-corrected chi connectivity index (χ1v) is 20.0. The number of hydrogen-bond acceptors (Lipinski definition) is 8. The van der Waals surface area contributed by atoms with Crippen LogP contribution in [0.4, 0.5) is 0 Å². The van der Waals surface area contributed by atoms with Crippen LogP contribution in [0.1, 0.15) is 91.7 Å². The third-order valence-electron chi connectivity index (χ3n) is 12.4. The summed E-state index contributed by atoms with van der Waals surface area (Å²) in [4.78, 5) is 0. The van der Waals surface area contributed by atoms with Crippen molar-refractivity contribution in [3.63, 3.8) is 0 Å². The van der Waals surface area contributed by atoms with Crippen molar-refractivity contribution in [2.45, 2.75) is 108 Å². The number of dihydropyridines is 1. The van der Waals surface area contributed by atoms with E-state index in [4.69, 9.17) is 19.9 Å². The van der Waals surface area contributed by atoms with Crippen LogP contribution in [0.15, 0.2) is 78.6 Å². The summed E-state index contributed by atoms with van der Waals surface area (Å²) in [5.74, 6) is 1.56. The van der Waals surface area contributed by atoms with E-state index >= 15 is 0 Å². The fourth-order valence-electron chi connectivity index (χ4n) is 9.46. The largest absolute Gasteiger partial charge is 0.504 e. The number of aromatic nitrogens is 1. The van der Waals surface area contributed by atoms with Crippen LogP contribution in [0.25, 0.3) is 16.6 Å². The van der Waals surface area contributed by atoms with Crippen molar-refractivity contribution in [1.82, 2.24) is 9.88 Å². The average molecular weight is 734 g/mol. The number of aliphatic hydroxyl groups excluding tert-OH is 2. The average Bonchev–Trinajstić information content (AvgIpc) is 3.63. The molecule has 4 heterocycles. The Morgan fingerprint density at radius 2 is 1.87 bits per heavy atom. The second kappa shape index (κ2) is 15.9. The Kier molecular flexibility index (Phi) is 10.9. The van der Waals surface area contributed by atoms with E-state index in [1.807, 2.05) is 12.1 Å². The molecule has 1 saturated heterocycles. The quantitative estimate of drug-likeness (QED) is 0.135. The van der Waals surface area contributed by atoms with Crippen molar-refractivity contribution in [3.05, 3.63) is 112 Å². The van der Waals surface area contributed by atoms with Gasteiger partial charge in [-0.15, -0.1) is 0 Å². The fourth-order valence-corrected chi connectivity index (χ4v) is 9.46. The van der Waals surface area contributed by atoms with Gasteiger partial charge in [-0.25, -0.2) is 0 Å².